The molecular weight excluding hydrogens is 322 g/mol. The predicted octanol–water partition coefficient (Wildman–Crippen LogP) is 1.81. The third-order valence-electron chi connectivity index (χ3n) is 2.36. The van der Waals surface area contributed by atoms with Crippen LogP contribution < -0.4 is 16.0 Å². The zero-order valence-electron chi connectivity index (χ0n) is 9.96. The van der Waals surface area contributed by atoms with E-state index in [2.05, 4.69) is 4.72 Å². The van der Waals surface area contributed by atoms with Crippen molar-refractivity contribution in [1.29, 1.82) is 0 Å². The van der Waals surface area contributed by atoms with Crippen LogP contribution in [0.25, 0.3) is 0 Å². The number of thiophene rings is 1. The molecule has 4 N–H and O–H groups in total. The second kappa shape index (κ2) is 5.80. The highest BCUT2D eigenvalue weighted by molar-refractivity contribution is 7.94. The Hall–Kier alpha value is -1.61. The van der Waals surface area contributed by atoms with Gasteiger partial charge in [0, 0.05) is 5.02 Å². The van der Waals surface area contributed by atoms with Gasteiger partial charge in [0.1, 0.15) is 4.21 Å². The average Bonchev–Trinajstić information content (AvgIpc) is 2.94. The largest absolute Gasteiger partial charge is 0.290 e. The minimum absolute atomic E-state index is 0.0418. The number of hydrogen-bond acceptors (Lipinski definition) is 5. The number of sulfonamides is 1. The number of carbonyl (C=O) groups excluding carboxylic acids is 1. The summed E-state index contributed by atoms with van der Waals surface area (Å²) in [6.07, 6.45) is 0. The van der Waals surface area contributed by atoms with Crippen molar-refractivity contribution in [3.05, 3.63) is 46.3 Å². The summed E-state index contributed by atoms with van der Waals surface area (Å²) in [4.78, 5) is 11.6. The van der Waals surface area contributed by atoms with E-state index >= 15 is 0 Å². The fourth-order valence-corrected chi connectivity index (χ4v) is 3.73. The summed E-state index contributed by atoms with van der Waals surface area (Å²) in [6.45, 7) is 0. The van der Waals surface area contributed by atoms with Crippen LogP contribution >= 0.6 is 22.9 Å². The molecule has 0 aliphatic rings. The second-order valence-electron chi connectivity index (χ2n) is 3.70. The van der Waals surface area contributed by atoms with Gasteiger partial charge >= 0.3 is 0 Å². The molecule has 0 aliphatic heterocycles. The lowest BCUT2D eigenvalue weighted by molar-refractivity contribution is 0.0954. The second-order valence-corrected chi connectivity index (χ2v) is 6.99. The van der Waals surface area contributed by atoms with Crippen LogP contribution in [-0.4, -0.2) is 14.3 Å². The van der Waals surface area contributed by atoms with E-state index in [1.807, 2.05) is 5.43 Å². The molecule has 0 spiro atoms. The van der Waals surface area contributed by atoms with Gasteiger partial charge in [0.25, 0.3) is 15.9 Å². The van der Waals surface area contributed by atoms with Crippen LogP contribution in [0.3, 0.4) is 0 Å². The Bertz CT molecular complexity index is 729. The SMILES string of the molecule is NNC(=O)c1cc(Cl)ccc1NS(=O)(=O)c1cccs1. The van der Waals surface area contributed by atoms with Gasteiger partial charge in [0.2, 0.25) is 0 Å². The molecule has 1 heterocycles. The summed E-state index contributed by atoms with van der Waals surface area (Å²) in [7, 11) is -3.74. The maximum absolute atomic E-state index is 12.1. The van der Waals surface area contributed by atoms with Gasteiger partial charge in [-0.25, -0.2) is 14.3 Å². The molecule has 0 atom stereocenters. The molecule has 9 heteroatoms. The van der Waals surface area contributed by atoms with Gasteiger partial charge in [0.05, 0.1) is 11.3 Å². The molecule has 0 saturated carbocycles. The molecular formula is C11H10ClN3O3S2. The van der Waals surface area contributed by atoms with Gasteiger partial charge in [-0.05, 0) is 29.6 Å². The number of carbonyl (C=O) groups is 1. The van der Waals surface area contributed by atoms with Gasteiger partial charge in [-0.2, -0.15) is 0 Å². The Balaban J connectivity index is 2.42. The normalized spacial score (nSPS) is 11.1. The van der Waals surface area contributed by atoms with Gasteiger partial charge < -0.3 is 0 Å². The molecule has 1 aromatic carbocycles. The van der Waals surface area contributed by atoms with Crippen molar-refractivity contribution in [2.75, 3.05) is 4.72 Å². The number of benzene rings is 1. The number of nitrogens with two attached hydrogens (primary N) is 1. The van der Waals surface area contributed by atoms with Crippen LogP contribution in [0.1, 0.15) is 10.4 Å². The maximum atomic E-state index is 12.1. The summed E-state index contributed by atoms with van der Waals surface area (Å²) in [6, 6.07) is 7.29. The Morgan fingerprint density at radius 1 is 1.30 bits per heavy atom. The molecule has 2 rings (SSSR count). The highest BCUT2D eigenvalue weighted by Gasteiger charge is 2.19. The van der Waals surface area contributed by atoms with E-state index in [0.29, 0.717) is 5.02 Å². The first-order chi connectivity index (χ1) is 9.44. The predicted molar refractivity (Wildman–Crippen MR) is 78.2 cm³/mol. The Kier molecular flexibility index (Phi) is 4.29. The Morgan fingerprint density at radius 3 is 2.65 bits per heavy atom. The molecule has 0 aliphatic carbocycles. The lowest BCUT2D eigenvalue weighted by atomic mass is 10.2. The molecule has 6 nitrogen and oxygen atoms in total. The quantitative estimate of drug-likeness (QED) is 0.451. The number of anilines is 1. The zero-order chi connectivity index (χ0) is 14.8. The van der Waals surface area contributed by atoms with E-state index in [0.717, 1.165) is 11.3 Å². The Labute approximate surface area is 124 Å². The van der Waals surface area contributed by atoms with Gasteiger partial charge in [0.15, 0.2) is 0 Å². The summed E-state index contributed by atoms with van der Waals surface area (Å²) < 4.78 is 26.7. The van der Waals surface area contributed by atoms with Crippen LogP contribution in [0, 0.1) is 0 Å². The first-order valence-electron chi connectivity index (χ1n) is 5.31. The maximum Gasteiger partial charge on any atom is 0.271 e. The van der Waals surface area contributed by atoms with Crippen molar-refractivity contribution >= 4 is 44.6 Å². The van der Waals surface area contributed by atoms with Crippen molar-refractivity contribution in [3.63, 3.8) is 0 Å². The van der Waals surface area contributed by atoms with E-state index < -0.39 is 15.9 Å². The molecule has 1 amide bonds. The summed E-state index contributed by atoms with van der Waals surface area (Å²) in [5.41, 5.74) is 2.08. The monoisotopic (exact) mass is 331 g/mol. The molecule has 20 heavy (non-hydrogen) atoms. The van der Waals surface area contributed by atoms with Crippen molar-refractivity contribution < 1.29 is 13.2 Å². The van der Waals surface area contributed by atoms with Crippen molar-refractivity contribution in [1.82, 2.24) is 5.43 Å². The number of amides is 1. The summed E-state index contributed by atoms with van der Waals surface area (Å²) >= 11 is 6.86. The van der Waals surface area contributed by atoms with Crippen LogP contribution in [-0.2, 0) is 10.0 Å². The first-order valence-corrected chi connectivity index (χ1v) is 8.05. The molecule has 0 fully saturated rings. The van der Waals surface area contributed by atoms with Crippen LogP contribution in [0.2, 0.25) is 5.02 Å². The minimum atomic E-state index is -3.74. The average molecular weight is 332 g/mol. The number of rotatable bonds is 4. The van der Waals surface area contributed by atoms with Crippen LogP contribution in [0.5, 0.6) is 0 Å². The number of hydrogen-bond donors (Lipinski definition) is 3. The number of hydrazine groups is 1. The van der Waals surface area contributed by atoms with Gasteiger partial charge in [-0.1, -0.05) is 17.7 Å². The molecule has 2 aromatic rings. The van der Waals surface area contributed by atoms with Gasteiger partial charge in [-0.3, -0.25) is 14.9 Å². The van der Waals surface area contributed by atoms with Crippen LogP contribution in [0.4, 0.5) is 5.69 Å². The third kappa shape index (κ3) is 3.10. The van der Waals surface area contributed by atoms with E-state index in [9.17, 15) is 13.2 Å². The number of halogens is 1. The molecule has 0 saturated heterocycles. The molecule has 0 bridgehead atoms. The van der Waals surface area contributed by atoms with Crippen LogP contribution in [0.15, 0.2) is 39.9 Å². The molecule has 1 aromatic heterocycles. The van der Waals surface area contributed by atoms with Crippen molar-refractivity contribution in [3.8, 4) is 0 Å². The van der Waals surface area contributed by atoms with Gasteiger partial charge in [-0.15, -0.1) is 11.3 Å². The smallest absolute Gasteiger partial charge is 0.271 e. The highest BCUT2D eigenvalue weighted by atomic mass is 35.5. The van der Waals surface area contributed by atoms with E-state index in [-0.39, 0.29) is 15.5 Å². The zero-order valence-corrected chi connectivity index (χ0v) is 12.3. The summed E-state index contributed by atoms with van der Waals surface area (Å²) in [5.74, 6) is 4.42. The number of nitrogens with one attached hydrogen (secondary N) is 2. The molecule has 106 valence electrons. The fraction of sp³-hybridized carbons (Fsp3) is 0. The topological polar surface area (TPSA) is 101 Å². The van der Waals surface area contributed by atoms with Crippen molar-refractivity contribution in [2.24, 2.45) is 5.84 Å². The lowest BCUT2D eigenvalue weighted by Gasteiger charge is -2.11. The molecule has 0 unspecified atom stereocenters. The molecule has 0 radical (unpaired) electrons. The van der Waals surface area contributed by atoms with E-state index in [1.165, 1.54) is 24.3 Å². The third-order valence-corrected chi connectivity index (χ3v) is 5.36. The Morgan fingerprint density at radius 2 is 2.05 bits per heavy atom. The highest BCUT2D eigenvalue weighted by Crippen LogP contribution is 2.25. The fourth-order valence-electron chi connectivity index (χ4n) is 1.48. The lowest BCUT2D eigenvalue weighted by Crippen LogP contribution is -2.31. The minimum Gasteiger partial charge on any atom is -0.290 e. The van der Waals surface area contributed by atoms with Crippen molar-refractivity contribution in [2.45, 2.75) is 4.21 Å². The standard InChI is InChI=1S/C11H10ClN3O3S2/c12-7-3-4-9(8(6-7)11(16)14-13)15-20(17,18)10-2-1-5-19-10/h1-6,15H,13H2,(H,14,16). The van der Waals surface area contributed by atoms with E-state index in [4.69, 9.17) is 17.4 Å². The summed E-state index contributed by atoms with van der Waals surface area (Å²) in [5, 5.41) is 1.94. The van der Waals surface area contributed by atoms with E-state index in [1.54, 1.807) is 11.4 Å². The number of nitrogen functional groups attached to an aromatic ring is 1. The first kappa shape index (κ1) is 14.8.